The predicted octanol–water partition coefficient (Wildman–Crippen LogP) is 8.74. The highest BCUT2D eigenvalue weighted by atomic mass is 19.1. The molecule has 1 unspecified atom stereocenters. The van der Waals surface area contributed by atoms with E-state index in [1.54, 1.807) is 6.07 Å². The van der Waals surface area contributed by atoms with E-state index in [0.717, 1.165) is 42.2 Å². The van der Waals surface area contributed by atoms with Crippen LogP contribution in [0.2, 0.25) is 0 Å². The number of halogens is 1. The van der Waals surface area contributed by atoms with Gasteiger partial charge in [-0.1, -0.05) is 95.8 Å². The molecule has 1 saturated carbocycles. The summed E-state index contributed by atoms with van der Waals surface area (Å²) in [7, 11) is 0. The average Bonchev–Trinajstić information content (AvgIpc) is 2.80. The van der Waals surface area contributed by atoms with Gasteiger partial charge in [-0.05, 0) is 78.8 Å². The largest absolute Gasteiger partial charge is 0.206 e. The van der Waals surface area contributed by atoms with Crippen LogP contribution >= 0.6 is 0 Å². The van der Waals surface area contributed by atoms with Crippen molar-refractivity contribution in [3.8, 4) is 11.8 Å². The smallest absolute Gasteiger partial charge is 0.139 e. The standard InChI is InChI=1S/C31H41F/c1-4-6-7-9-26-14-18-29(19-15-26)24(3)22-28-17-21-30(31(32)23-28)20-16-27-12-10-25(8-5-2)11-13-27/h10-13,17,21,23-24,26,29H,4-9,14-15,18-19,22H2,1-3H3. The van der Waals surface area contributed by atoms with Crippen LogP contribution in [0.25, 0.3) is 0 Å². The third-order valence-corrected chi connectivity index (χ3v) is 7.34. The Kier molecular flexibility index (Phi) is 9.86. The van der Waals surface area contributed by atoms with Crippen molar-refractivity contribution < 1.29 is 4.39 Å². The molecular weight excluding hydrogens is 391 g/mol. The Morgan fingerprint density at radius 1 is 0.875 bits per heavy atom. The van der Waals surface area contributed by atoms with Gasteiger partial charge in [0, 0.05) is 5.56 Å². The molecule has 0 N–H and O–H groups in total. The lowest BCUT2D eigenvalue weighted by atomic mass is 9.73. The van der Waals surface area contributed by atoms with E-state index < -0.39 is 0 Å². The lowest BCUT2D eigenvalue weighted by Gasteiger charge is -2.32. The number of aryl methyl sites for hydroxylation is 1. The first-order chi connectivity index (χ1) is 15.6. The third kappa shape index (κ3) is 7.51. The molecule has 1 fully saturated rings. The van der Waals surface area contributed by atoms with E-state index in [4.69, 9.17) is 0 Å². The van der Waals surface area contributed by atoms with Crippen LogP contribution in [0, 0.1) is 35.4 Å². The Labute approximate surface area is 196 Å². The number of benzene rings is 2. The molecule has 0 aliphatic heterocycles. The van der Waals surface area contributed by atoms with Crippen LogP contribution in [-0.4, -0.2) is 0 Å². The summed E-state index contributed by atoms with van der Waals surface area (Å²) in [5.41, 5.74) is 3.86. The maximum atomic E-state index is 14.7. The van der Waals surface area contributed by atoms with Crippen molar-refractivity contribution >= 4 is 0 Å². The first-order valence-corrected chi connectivity index (χ1v) is 13.0. The molecule has 172 valence electrons. The van der Waals surface area contributed by atoms with Crippen LogP contribution in [0.4, 0.5) is 4.39 Å². The minimum Gasteiger partial charge on any atom is -0.206 e. The molecule has 32 heavy (non-hydrogen) atoms. The minimum absolute atomic E-state index is 0.190. The molecule has 1 atom stereocenters. The Morgan fingerprint density at radius 3 is 2.25 bits per heavy atom. The lowest BCUT2D eigenvalue weighted by Crippen LogP contribution is -2.21. The maximum absolute atomic E-state index is 14.7. The molecule has 3 rings (SSSR count). The van der Waals surface area contributed by atoms with E-state index in [1.807, 2.05) is 18.2 Å². The summed E-state index contributed by atoms with van der Waals surface area (Å²) < 4.78 is 14.7. The van der Waals surface area contributed by atoms with E-state index in [2.05, 4.69) is 50.8 Å². The molecule has 0 amide bonds. The van der Waals surface area contributed by atoms with Crippen molar-refractivity contribution in [2.45, 2.75) is 91.4 Å². The van der Waals surface area contributed by atoms with Gasteiger partial charge < -0.3 is 0 Å². The zero-order valence-corrected chi connectivity index (χ0v) is 20.4. The first kappa shape index (κ1) is 24.6. The summed E-state index contributed by atoms with van der Waals surface area (Å²) >= 11 is 0. The van der Waals surface area contributed by atoms with E-state index in [0.29, 0.717) is 11.5 Å². The van der Waals surface area contributed by atoms with Crippen molar-refractivity contribution in [1.82, 2.24) is 0 Å². The molecule has 1 aliphatic rings. The van der Waals surface area contributed by atoms with Crippen LogP contribution in [-0.2, 0) is 12.8 Å². The van der Waals surface area contributed by atoms with Gasteiger partial charge in [-0.15, -0.1) is 0 Å². The molecule has 1 heteroatoms. The first-order valence-electron chi connectivity index (χ1n) is 13.0. The highest BCUT2D eigenvalue weighted by Gasteiger charge is 2.25. The quantitative estimate of drug-likeness (QED) is 0.274. The van der Waals surface area contributed by atoms with Gasteiger partial charge in [0.1, 0.15) is 5.82 Å². The molecule has 0 saturated heterocycles. The molecule has 0 spiro atoms. The fourth-order valence-electron chi connectivity index (χ4n) is 5.24. The topological polar surface area (TPSA) is 0 Å². The zero-order valence-electron chi connectivity index (χ0n) is 20.4. The van der Waals surface area contributed by atoms with E-state index in [9.17, 15) is 4.39 Å². The second-order valence-corrected chi connectivity index (χ2v) is 9.97. The van der Waals surface area contributed by atoms with Crippen molar-refractivity contribution in [2.75, 3.05) is 0 Å². The molecule has 0 heterocycles. The van der Waals surface area contributed by atoms with E-state index >= 15 is 0 Å². The van der Waals surface area contributed by atoms with Crippen LogP contribution in [0.3, 0.4) is 0 Å². The summed E-state index contributed by atoms with van der Waals surface area (Å²) in [6.07, 6.45) is 14.2. The molecule has 0 nitrogen and oxygen atoms in total. The monoisotopic (exact) mass is 432 g/mol. The Hall–Kier alpha value is -2.07. The lowest BCUT2D eigenvalue weighted by molar-refractivity contribution is 0.204. The van der Waals surface area contributed by atoms with Gasteiger partial charge in [-0.2, -0.15) is 0 Å². The van der Waals surface area contributed by atoms with Crippen LogP contribution in [0.5, 0.6) is 0 Å². The van der Waals surface area contributed by atoms with Gasteiger partial charge in [-0.25, -0.2) is 4.39 Å². The number of hydrogen-bond donors (Lipinski definition) is 0. The van der Waals surface area contributed by atoms with Gasteiger partial charge in [0.25, 0.3) is 0 Å². The maximum Gasteiger partial charge on any atom is 0.139 e. The zero-order chi connectivity index (χ0) is 22.8. The Bertz CT molecular complexity index is 875. The van der Waals surface area contributed by atoms with Crippen molar-refractivity contribution in [3.63, 3.8) is 0 Å². The van der Waals surface area contributed by atoms with Crippen LogP contribution in [0.1, 0.15) is 101 Å². The Balaban J connectivity index is 1.52. The Morgan fingerprint density at radius 2 is 1.59 bits per heavy atom. The van der Waals surface area contributed by atoms with Gasteiger partial charge in [-0.3, -0.25) is 0 Å². The van der Waals surface area contributed by atoms with Gasteiger partial charge in [0.2, 0.25) is 0 Å². The number of hydrogen-bond acceptors (Lipinski definition) is 0. The molecule has 2 aromatic rings. The molecule has 2 aromatic carbocycles. The fourth-order valence-corrected chi connectivity index (χ4v) is 5.24. The van der Waals surface area contributed by atoms with Gasteiger partial charge in [0.05, 0.1) is 5.56 Å². The summed E-state index contributed by atoms with van der Waals surface area (Å²) in [5, 5.41) is 0. The molecule has 0 aromatic heterocycles. The number of unbranched alkanes of at least 4 members (excludes halogenated alkanes) is 2. The van der Waals surface area contributed by atoms with E-state index in [-0.39, 0.29) is 5.82 Å². The van der Waals surface area contributed by atoms with Crippen molar-refractivity contribution in [2.24, 2.45) is 17.8 Å². The number of rotatable bonds is 9. The van der Waals surface area contributed by atoms with E-state index in [1.165, 1.54) is 56.9 Å². The molecular formula is C31H41F. The fraction of sp³-hybridized carbons (Fsp3) is 0.548. The summed E-state index contributed by atoms with van der Waals surface area (Å²) in [6.45, 7) is 6.82. The third-order valence-electron chi connectivity index (χ3n) is 7.34. The molecule has 1 aliphatic carbocycles. The minimum atomic E-state index is -0.190. The summed E-state index contributed by atoms with van der Waals surface area (Å²) in [5.74, 6) is 8.30. The van der Waals surface area contributed by atoms with Crippen molar-refractivity contribution in [3.05, 3.63) is 70.5 Å². The highest BCUT2D eigenvalue weighted by molar-refractivity contribution is 5.44. The predicted molar refractivity (Wildman–Crippen MR) is 135 cm³/mol. The molecule has 0 radical (unpaired) electrons. The van der Waals surface area contributed by atoms with Gasteiger partial charge in [0.15, 0.2) is 0 Å². The van der Waals surface area contributed by atoms with Crippen LogP contribution in [0.15, 0.2) is 42.5 Å². The summed E-state index contributed by atoms with van der Waals surface area (Å²) in [4.78, 5) is 0. The highest BCUT2D eigenvalue weighted by Crippen LogP contribution is 2.37. The average molecular weight is 433 g/mol. The van der Waals surface area contributed by atoms with Crippen LogP contribution < -0.4 is 0 Å². The summed E-state index contributed by atoms with van der Waals surface area (Å²) in [6, 6.07) is 13.9. The normalized spacial score (nSPS) is 19.2. The van der Waals surface area contributed by atoms with Gasteiger partial charge >= 0.3 is 0 Å². The van der Waals surface area contributed by atoms with Crippen molar-refractivity contribution in [1.29, 1.82) is 0 Å². The SMILES string of the molecule is CCCCCC1CCC(C(C)Cc2ccc(C#Cc3ccc(CCC)cc3)c(F)c2)CC1. The second kappa shape index (κ2) is 12.8. The molecule has 0 bridgehead atoms. The second-order valence-electron chi connectivity index (χ2n) is 9.97.